The minimum absolute atomic E-state index is 0.0693. The van der Waals surface area contributed by atoms with Crippen molar-refractivity contribution in [1.29, 1.82) is 0 Å². The SMILES string of the molecule is C[C@@H]1C(=NC(C(=O)O)c2ccc(O)cc2)C[C@H]2O[C@@]3(C)CCC4[C@@H](C)CCC1C42OO3. The van der Waals surface area contributed by atoms with E-state index >= 15 is 0 Å². The van der Waals surface area contributed by atoms with Gasteiger partial charge in [-0.05, 0) is 61.6 Å². The van der Waals surface area contributed by atoms with Crippen LogP contribution in [0, 0.1) is 23.7 Å². The molecule has 0 radical (unpaired) electrons. The second kappa shape index (κ2) is 7.29. The smallest absolute Gasteiger partial charge is 0.333 e. The number of aliphatic imine (C=N–C) groups is 1. The normalized spacial score (nSPS) is 43.8. The molecule has 168 valence electrons. The number of phenols is 1. The molecule has 1 aromatic carbocycles. The summed E-state index contributed by atoms with van der Waals surface area (Å²) in [7, 11) is 0. The number of hydrogen-bond acceptors (Lipinski definition) is 6. The molecular formula is C24H31NO6. The Bertz CT molecular complexity index is 900. The molecule has 2 bridgehead atoms. The standard InChI is InChI=1S/C24H31NO6/c1-13-4-9-18-14(2)19(25-21(22(27)28)15-5-7-16(26)8-6-15)12-20-24(18)17(13)10-11-23(3,29-20)30-31-24/h5-8,13-14,17-18,20-21,26H,4,9-12H2,1-3H3,(H,27,28)/t13-,14-,17?,18?,20+,21?,23+,24?/m0/s1. The maximum atomic E-state index is 12.1. The van der Waals surface area contributed by atoms with Crippen LogP contribution in [0.1, 0.15) is 64.5 Å². The zero-order valence-corrected chi connectivity index (χ0v) is 18.3. The minimum Gasteiger partial charge on any atom is -0.508 e. The lowest BCUT2D eigenvalue weighted by Crippen LogP contribution is -2.68. The number of aromatic hydroxyl groups is 1. The summed E-state index contributed by atoms with van der Waals surface area (Å²) in [4.78, 5) is 29.0. The third-order valence-corrected chi connectivity index (χ3v) is 8.21. The molecule has 2 saturated carbocycles. The van der Waals surface area contributed by atoms with Gasteiger partial charge in [-0.2, -0.15) is 0 Å². The average Bonchev–Trinajstić information content (AvgIpc) is 2.96. The van der Waals surface area contributed by atoms with Gasteiger partial charge in [0.2, 0.25) is 0 Å². The topological polar surface area (TPSA) is 97.6 Å². The van der Waals surface area contributed by atoms with Gasteiger partial charge in [-0.1, -0.05) is 26.0 Å². The maximum Gasteiger partial charge on any atom is 0.333 e. The average molecular weight is 430 g/mol. The monoisotopic (exact) mass is 429 g/mol. The Morgan fingerprint density at radius 1 is 1.13 bits per heavy atom. The van der Waals surface area contributed by atoms with E-state index in [0.29, 0.717) is 23.8 Å². The number of carboxylic acids is 1. The zero-order valence-electron chi connectivity index (χ0n) is 18.3. The largest absolute Gasteiger partial charge is 0.508 e. The van der Waals surface area contributed by atoms with Gasteiger partial charge in [-0.15, -0.1) is 0 Å². The number of rotatable bonds is 3. The molecule has 6 rings (SSSR count). The van der Waals surface area contributed by atoms with Crippen molar-refractivity contribution in [2.75, 3.05) is 0 Å². The number of nitrogens with zero attached hydrogens (tertiary/aromatic N) is 1. The highest BCUT2D eigenvalue weighted by atomic mass is 17.3. The van der Waals surface area contributed by atoms with E-state index in [1.165, 1.54) is 12.1 Å². The van der Waals surface area contributed by atoms with Gasteiger partial charge < -0.3 is 14.9 Å². The number of carbonyl (C=O) groups is 1. The molecular weight excluding hydrogens is 398 g/mol. The lowest BCUT2D eigenvalue weighted by Gasteiger charge is -2.59. The van der Waals surface area contributed by atoms with Crippen LogP contribution in [0.2, 0.25) is 0 Å². The summed E-state index contributed by atoms with van der Waals surface area (Å²) in [5.41, 5.74) is 0.924. The summed E-state index contributed by atoms with van der Waals surface area (Å²) in [6.45, 7) is 6.37. The first-order chi connectivity index (χ1) is 14.7. The Hall–Kier alpha value is -1.96. The minimum atomic E-state index is -1.01. The van der Waals surface area contributed by atoms with Crippen LogP contribution in [0.3, 0.4) is 0 Å². The quantitative estimate of drug-likeness (QED) is 0.697. The molecule has 2 N–H and O–H groups in total. The van der Waals surface area contributed by atoms with Crippen molar-refractivity contribution in [3.05, 3.63) is 29.8 Å². The Labute approximate surface area is 182 Å². The van der Waals surface area contributed by atoms with Gasteiger partial charge in [-0.3, -0.25) is 4.99 Å². The summed E-state index contributed by atoms with van der Waals surface area (Å²) in [6, 6.07) is 5.22. The van der Waals surface area contributed by atoms with Crippen LogP contribution >= 0.6 is 0 Å². The van der Waals surface area contributed by atoms with Crippen molar-refractivity contribution in [2.45, 2.75) is 76.4 Å². The molecule has 3 aliphatic heterocycles. The molecule has 4 unspecified atom stereocenters. The number of aliphatic carboxylic acids is 1. The van der Waals surface area contributed by atoms with Crippen LogP contribution in [-0.4, -0.2) is 39.4 Å². The molecule has 5 fully saturated rings. The Morgan fingerprint density at radius 2 is 1.87 bits per heavy atom. The number of hydrogen-bond donors (Lipinski definition) is 2. The second-order valence-corrected chi connectivity index (χ2v) is 10.0. The van der Waals surface area contributed by atoms with Gasteiger partial charge in [0, 0.05) is 24.5 Å². The first-order valence-corrected chi connectivity index (χ1v) is 11.4. The van der Waals surface area contributed by atoms with Crippen LogP contribution in [-0.2, 0) is 19.3 Å². The molecule has 0 amide bonds. The maximum absolute atomic E-state index is 12.1. The fraction of sp³-hybridized carbons (Fsp3) is 0.667. The molecule has 0 aromatic heterocycles. The fourth-order valence-electron chi connectivity index (χ4n) is 6.56. The Kier molecular flexibility index (Phi) is 4.92. The molecule has 7 heteroatoms. The van der Waals surface area contributed by atoms with Gasteiger partial charge in [0.15, 0.2) is 11.8 Å². The van der Waals surface area contributed by atoms with Crippen LogP contribution < -0.4 is 0 Å². The summed E-state index contributed by atoms with van der Waals surface area (Å²) < 4.78 is 6.51. The molecule has 5 aliphatic rings. The lowest BCUT2D eigenvalue weighted by atomic mass is 9.53. The van der Waals surface area contributed by atoms with Gasteiger partial charge in [0.05, 0.1) is 6.10 Å². The van der Waals surface area contributed by atoms with Crippen molar-refractivity contribution in [1.82, 2.24) is 0 Å². The van der Waals surface area contributed by atoms with Crippen molar-refractivity contribution in [3.8, 4) is 5.75 Å². The number of fused-ring (bicyclic) bond motifs is 2. The Balaban J connectivity index is 1.54. The molecule has 3 heterocycles. The molecule has 1 aromatic rings. The van der Waals surface area contributed by atoms with Crippen LogP contribution in [0.15, 0.2) is 29.3 Å². The summed E-state index contributed by atoms with van der Waals surface area (Å²) in [5, 5.41) is 19.5. The predicted molar refractivity (Wildman–Crippen MR) is 112 cm³/mol. The van der Waals surface area contributed by atoms with E-state index in [4.69, 9.17) is 19.5 Å². The number of carboxylic acid groups (broad SMARTS) is 1. The van der Waals surface area contributed by atoms with E-state index in [-0.39, 0.29) is 23.7 Å². The van der Waals surface area contributed by atoms with Crippen LogP contribution in [0.4, 0.5) is 0 Å². The number of phenolic OH excluding ortho intramolecular Hbond substituents is 1. The van der Waals surface area contributed by atoms with Crippen molar-refractivity contribution in [2.24, 2.45) is 28.7 Å². The summed E-state index contributed by atoms with van der Waals surface area (Å²) in [5.74, 6) is -0.549. The highest BCUT2D eigenvalue weighted by molar-refractivity contribution is 5.91. The molecule has 2 aliphatic carbocycles. The van der Waals surface area contributed by atoms with Gasteiger partial charge in [0.1, 0.15) is 11.4 Å². The van der Waals surface area contributed by atoms with E-state index in [1.807, 2.05) is 6.92 Å². The van der Waals surface area contributed by atoms with Crippen LogP contribution in [0.5, 0.6) is 5.75 Å². The van der Waals surface area contributed by atoms with E-state index in [9.17, 15) is 15.0 Å². The highest BCUT2D eigenvalue weighted by Crippen LogP contribution is 2.60. The highest BCUT2D eigenvalue weighted by Gasteiger charge is 2.67. The number of ether oxygens (including phenoxy) is 1. The Morgan fingerprint density at radius 3 is 2.58 bits per heavy atom. The van der Waals surface area contributed by atoms with Crippen LogP contribution in [0.25, 0.3) is 0 Å². The van der Waals surface area contributed by atoms with Gasteiger partial charge in [0.25, 0.3) is 0 Å². The zero-order chi connectivity index (χ0) is 22.0. The van der Waals surface area contributed by atoms with Crippen molar-refractivity contribution >= 4 is 11.7 Å². The molecule has 3 saturated heterocycles. The summed E-state index contributed by atoms with van der Waals surface area (Å²) >= 11 is 0. The third kappa shape index (κ3) is 3.20. The van der Waals surface area contributed by atoms with Crippen molar-refractivity contribution < 1.29 is 29.5 Å². The summed E-state index contributed by atoms with van der Waals surface area (Å²) in [6.07, 6.45) is 4.24. The molecule has 1 spiro atoms. The van der Waals surface area contributed by atoms with Crippen molar-refractivity contribution in [3.63, 3.8) is 0 Å². The van der Waals surface area contributed by atoms with E-state index in [2.05, 4.69) is 13.8 Å². The molecule has 8 atom stereocenters. The first-order valence-electron chi connectivity index (χ1n) is 11.4. The third-order valence-electron chi connectivity index (χ3n) is 8.21. The molecule has 31 heavy (non-hydrogen) atoms. The van der Waals surface area contributed by atoms with E-state index in [0.717, 1.165) is 31.4 Å². The van der Waals surface area contributed by atoms with Gasteiger partial charge >= 0.3 is 5.97 Å². The fourth-order valence-corrected chi connectivity index (χ4v) is 6.56. The molecule has 7 nitrogen and oxygen atoms in total. The van der Waals surface area contributed by atoms with E-state index in [1.54, 1.807) is 12.1 Å². The lowest BCUT2D eigenvalue weighted by molar-refractivity contribution is -0.534. The second-order valence-electron chi connectivity index (χ2n) is 10.0. The first kappa shape index (κ1) is 20.9. The van der Waals surface area contributed by atoms with Gasteiger partial charge in [-0.25, -0.2) is 14.6 Å². The predicted octanol–water partition coefficient (Wildman–Crippen LogP) is 4.26. The van der Waals surface area contributed by atoms with E-state index < -0.39 is 23.4 Å². The number of benzene rings is 1.